The maximum atomic E-state index is 13.6. The number of halogens is 3. The van der Waals surface area contributed by atoms with E-state index >= 15 is 0 Å². The van der Waals surface area contributed by atoms with Crippen LogP contribution in [0.1, 0.15) is 16.8 Å². The topological polar surface area (TPSA) is 81.8 Å². The fourth-order valence-electron chi connectivity index (χ4n) is 3.45. The molecule has 0 bridgehead atoms. The highest BCUT2D eigenvalue weighted by Crippen LogP contribution is 2.27. The first-order valence-electron chi connectivity index (χ1n) is 10.3. The molecule has 35 heavy (non-hydrogen) atoms. The van der Waals surface area contributed by atoms with E-state index in [4.69, 9.17) is 12.2 Å². The maximum absolute atomic E-state index is 13.6. The molecule has 3 aromatic rings. The standard InChI is InChI=1S/C24H17F3N4O3S/c25-15-4-8-18(9-5-15)28-21(32)13-20-23(34)30(19-10-6-16(26)7-11-19)24(35)31(20)29-22(33)14-2-1-3-17(27)12-14/h1-12,20H,13H2,(H,28,32)(H,29,33). The lowest BCUT2D eigenvalue weighted by molar-refractivity contribution is -0.124. The first kappa shape index (κ1) is 23.9. The molecule has 0 spiro atoms. The molecule has 0 saturated carbocycles. The van der Waals surface area contributed by atoms with Crippen LogP contribution in [0.5, 0.6) is 0 Å². The zero-order valence-electron chi connectivity index (χ0n) is 17.9. The normalized spacial score (nSPS) is 15.3. The molecule has 1 aliphatic rings. The van der Waals surface area contributed by atoms with Gasteiger partial charge in [0.05, 0.1) is 12.1 Å². The smallest absolute Gasteiger partial charge is 0.269 e. The van der Waals surface area contributed by atoms with Crippen molar-refractivity contribution in [1.29, 1.82) is 0 Å². The number of amides is 3. The van der Waals surface area contributed by atoms with Gasteiger partial charge in [0, 0.05) is 11.3 Å². The summed E-state index contributed by atoms with van der Waals surface area (Å²) in [6.07, 6.45) is -0.433. The Bertz CT molecular complexity index is 1300. The van der Waals surface area contributed by atoms with Crippen LogP contribution in [0, 0.1) is 17.5 Å². The largest absolute Gasteiger partial charge is 0.326 e. The lowest BCUT2D eigenvalue weighted by Crippen LogP contribution is -2.49. The molecule has 0 aromatic heterocycles. The number of nitrogens with zero attached hydrogens (tertiary/aromatic N) is 2. The van der Waals surface area contributed by atoms with Gasteiger partial charge in [0.1, 0.15) is 23.5 Å². The van der Waals surface area contributed by atoms with Gasteiger partial charge in [0.15, 0.2) is 0 Å². The molecule has 3 aromatic carbocycles. The zero-order chi connectivity index (χ0) is 25.1. The third-order valence-electron chi connectivity index (χ3n) is 5.11. The van der Waals surface area contributed by atoms with Gasteiger partial charge in [-0.3, -0.25) is 24.7 Å². The van der Waals surface area contributed by atoms with Gasteiger partial charge in [-0.25, -0.2) is 18.2 Å². The average molecular weight is 498 g/mol. The molecule has 2 N–H and O–H groups in total. The van der Waals surface area contributed by atoms with E-state index in [9.17, 15) is 27.6 Å². The summed E-state index contributed by atoms with van der Waals surface area (Å²) in [5.74, 6) is -3.66. The van der Waals surface area contributed by atoms with Crippen molar-refractivity contribution < 1.29 is 27.6 Å². The highest BCUT2D eigenvalue weighted by atomic mass is 32.1. The van der Waals surface area contributed by atoms with Crippen molar-refractivity contribution in [3.05, 3.63) is 95.8 Å². The predicted molar refractivity (Wildman–Crippen MR) is 126 cm³/mol. The van der Waals surface area contributed by atoms with Crippen molar-refractivity contribution >= 4 is 46.4 Å². The van der Waals surface area contributed by atoms with E-state index < -0.39 is 47.6 Å². The van der Waals surface area contributed by atoms with Crippen LogP contribution < -0.4 is 15.6 Å². The monoisotopic (exact) mass is 498 g/mol. The molecule has 1 heterocycles. The molecule has 1 atom stereocenters. The van der Waals surface area contributed by atoms with Gasteiger partial charge in [-0.05, 0) is 78.9 Å². The number of hydrogen-bond acceptors (Lipinski definition) is 4. The van der Waals surface area contributed by atoms with Crippen LogP contribution in [-0.4, -0.2) is 33.9 Å². The lowest BCUT2D eigenvalue weighted by atomic mass is 10.1. The Morgan fingerprint density at radius 3 is 2.14 bits per heavy atom. The second kappa shape index (κ2) is 9.94. The number of thiocarbonyl (C=S) groups is 1. The molecule has 1 aliphatic heterocycles. The summed E-state index contributed by atoms with van der Waals surface area (Å²) in [6, 6.07) is 13.6. The number of carbonyl (C=O) groups is 3. The highest BCUT2D eigenvalue weighted by molar-refractivity contribution is 7.80. The second-order valence-corrected chi connectivity index (χ2v) is 7.89. The number of benzene rings is 3. The molecular formula is C24H17F3N4O3S. The summed E-state index contributed by atoms with van der Waals surface area (Å²) in [7, 11) is 0. The summed E-state index contributed by atoms with van der Waals surface area (Å²) >= 11 is 5.40. The van der Waals surface area contributed by atoms with E-state index in [0.29, 0.717) is 5.69 Å². The van der Waals surface area contributed by atoms with E-state index in [0.717, 1.165) is 40.2 Å². The third-order valence-corrected chi connectivity index (χ3v) is 5.49. The molecule has 1 saturated heterocycles. The van der Waals surface area contributed by atoms with E-state index in [-0.39, 0.29) is 16.4 Å². The molecular weight excluding hydrogens is 481 g/mol. The number of carbonyl (C=O) groups excluding carboxylic acids is 3. The lowest BCUT2D eigenvalue weighted by Gasteiger charge is -2.24. The van der Waals surface area contributed by atoms with Crippen LogP contribution in [0.15, 0.2) is 72.8 Å². The summed E-state index contributed by atoms with van der Waals surface area (Å²) in [6.45, 7) is 0. The SMILES string of the molecule is O=C(CC1C(=O)N(c2ccc(F)cc2)C(=S)N1NC(=O)c1cccc(F)c1)Nc1ccc(F)cc1. The van der Waals surface area contributed by atoms with E-state index in [1.807, 2.05) is 0 Å². The van der Waals surface area contributed by atoms with Crippen LogP contribution in [0.3, 0.4) is 0 Å². The molecule has 1 fully saturated rings. The Balaban J connectivity index is 1.60. The fourth-order valence-corrected chi connectivity index (χ4v) is 3.82. The van der Waals surface area contributed by atoms with Crippen LogP contribution in [0.25, 0.3) is 0 Å². The van der Waals surface area contributed by atoms with Crippen LogP contribution in [0.4, 0.5) is 24.5 Å². The van der Waals surface area contributed by atoms with Gasteiger partial charge in [-0.2, -0.15) is 0 Å². The van der Waals surface area contributed by atoms with Crippen molar-refractivity contribution in [3.63, 3.8) is 0 Å². The zero-order valence-corrected chi connectivity index (χ0v) is 18.7. The number of anilines is 2. The van der Waals surface area contributed by atoms with E-state index in [1.54, 1.807) is 0 Å². The van der Waals surface area contributed by atoms with Crippen molar-refractivity contribution in [1.82, 2.24) is 10.4 Å². The van der Waals surface area contributed by atoms with Crippen LogP contribution in [-0.2, 0) is 9.59 Å². The minimum absolute atomic E-state index is 0.0324. The Morgan fingerprint density at radius 2 is 1.51 bits per heavy atom. The minimum atomic E-state index is -1.26. The summed E-state index contributed by atoms with van der Waals surface area (Å²) in [5, 5.41) is 3.43. The third kappa shape index (κ3) is 5.30. The maximum Gasteiger partial charge on any atom is 0.269 e. The van der Waals surface area contributed by atoms with Crippen molar-refractivity contribution in [2.24, 2.45) is 0 Å². The fraction of sp³-hybridized carbons (Fsp3) is 0.0833. The van der Waals surface area contributed by atoms with Crippen LogP contribution in [0.2, 0.25) is 0 Å². The molecule has 0 radical (unpaired) electrons. The summed E-state index contributed by atoms with van der Waals surface area (Å²) in [5.41, 5.74) is 2.96. The van der Waals surface area contributed by atoms with Gasteiger partial charge in [-0.1, -0.05) is 6.07 Å². The summed E-state index contributed by atoms with van der Waals surface area (Å²) in [4.78, 5) is 39.8. The highest BCUT2D eigenvalue weighted by Gasteiger charge is 2.45. The molecule has 3 amide bonds. The van der Waals surface area contributed by atoms with E-state index in [1.165, 1.54) is 42.5 Å². The average Bonchev–Trinajstić information content (AvgIpc) is 3.05. The first-order valence-corrected chi connectivity index (χ1v) is 10.7. The predicted octanol–water partition coefficient (Wildman–Crippen LogP) is 3.78. The molecule has 0 aliphatic carbocycles. The van der Waals surface area contributed by atoms with Crippen molar-refractivity contribution in [3.8, 4) is 0 Å². The number of rotatable bonds is 6. The Kier molecular flexibility index (Phi) is 6.78. The number of hydrogen-bond donors (Lipinski definition) is 2. The van der Waals surface area contributed by atoms with Gasteiger partial charge in [-0.15, -0.1) is 0 Å². The molecule has 4 rings (SSSR count). The molecule has 7 nitrogen and oxygen atoms in total. The van der Waals surface area contributed by atoms with Gasteiger partial charge in [0.25, 0.3) is 11.8 Å². The Labute approximate surface area is 203 Å². The van der Waals surface area contributed by atoms with Gasteiger partial charge >= 0.3 is 0 Å². The van der Waals surface area contributed by atoms with Crippen molar-refractivity contribution in [2.75, 3.05) is 10.2 Å². The summed E-state index contributed by atoms with van der Waals surface area (Å²) < 4.78 is 40.1. The van der Waals surface area contributed by atoms with Crippen LogP contribution >= 0.6 is 12.2 Å². The first-order chi connectivity index (χ1) is 16.7. The minimum Gasteiger partial charge on any atom is -0.326 e. The van der Waals surface area contributed by atoms with Crippen molar-refractivity contribution in [2.45, 2.75) is 12.5 Å². The van der Waals surface area contributed by atoms with Gasteiger partial charge in [0.2, 0.25) is 11.0 Å². The number of nitrogens with one attached hydrogen (secondary N) is 2. The van der Waals surface area contributed by atoms with Gasteiger partial charge < -0.3 is 5.32 Å². The number of hydrazine groups is 1. The molecule has 1 unspecified atom stereocenters. The molecule has 11 heteroatoms. The second-order valence-electron chi connectivity index (χ2n) is 7.53. The van der Waals surface area contributed by atoms with E-state index in [2.05, 4.69) is 10.7 Å². The Hall–Kier alpha value is -4.25. The Morgan fingerprint density at radius 1 is 0.886 bits per heavy atom. The quantitative estimate of drug-likeness (QED) is 0.506. The molecule has 178 valence electrons.